The first-order valence-corrected chi connectivity index (χ1v) is 10.4. The average Bonchev–Trinajstić information content (AvgIpc) is 2.73. The summed E-state index contributed by atoms with van der Waals surface area (Å²) in [5.74, 6) is -0.265. The maximum atomic E-state index is 13.1. The van der Waals surface area contributed by atoms with E-state index in [1.165, 1.54) is 5.56 Å². The van der Waals surface area contributed by atoms with Crippen molar-refractivity contribution in [3.8, 4) is 0 Å². The highest BCUT2D eigenvalue weighted by atomic mass is 35.5. The summed E-state index contributed by atoms with van der Waals surface area (Å²) < 4.78 is 0. The van der Waals surface area contributed by atoms with Gasteiger partial charge in [0.1, 0.15) is 6.04 Å². The van der Waals surface area contributed by atoms with Crippen LogP contribution in [0.3, 0.4) is 0 Å². The Bertz CT molecular complexity index is 816. The number of piperazine rings is 1. The third-order valence-electron chi connectivity index (χ3n) is 5.26. The molecule has 2 amide bonds. The van der Waals surface area contributed by atoms with Crippen molar-refractivity contribution in [2.75, 3.05) is 26.2 Å². The summed E-state index contributed by atoms with van der Waals surface area (Å²) in [6.45, 7) is 7.81. The monoisotopic (exact) mass is 413 g/mol. The molecule has 0 radical (unpaired) electrons. The lowest BCUT2D eigenvalue weighted by molar-refractivity contribution is -0.136. The third kappa shape index (κ3) is 5.81. The standard InChI is InChI=1S/C23H28ClN3O2/c1-17(2)21(25-22(28)19-8-10-20(24)11-9-19)23(29)27-14-12-26(13-15-27)16-18-6-4-3-5-7-18/h3-11,17,21H,12-16H2,1-2H3,(H,25,28)/t21-/m0/s1. The zero-order valence-electron chi connectivity index (χ0n) is 17.0. The minimum absolute atomic E-state index is 0.00102. The molecule has 1 aliphatic heterocycles. The van der Waals surface area contributed by atoms with Crippen LogP contribution < -0.4 is 5.32 Å². The smallest absolute Gasteiger partial charge is 0.251 e. The zero-order valence-corrected chi connectivity index (χ0v) is 17.7. The third-order valence-corrected chi connectivity index (χ3v) is 5.51. The lowest BCUT2D eigenvalue weighted by Crippen LogP contribution is -2.56. The Balaban J connectivity index is 1.57. The second kappa shape index (κ2) is 9.90. The van der Waals surface area contributed by atoms with Gasteiger partial charge in [-0.2, -0.15) is 0 Å². The number of halogens is 1. The lowest BCUT2D eigenvalue weighted by Gasteiger charge is -2.37. The molecule has 0 spiro atoms. The van der Waals surface area contributed by atoms with Gasteiger partial charge in [0.05, 0.1) is 0 Å². The van der Waals surface area contributed by atoms with E-state index in [2.05, 4.69) is 22.3 Å². The van der Waals surface area contributed by atoms with Gasteiger partial charge in [0, 0.05) is 43.3 Å². The van der Waals surface area contributed by atoms with Gasteiger partial charge in [-0.25, -0.2) is 0 Å². The first-order chi connectivity index (χ1) is 13.9. The Morgan fingerprint density at radius 1 is 0.966 bits per heavy atom. The highest BCUT2D eigenvalue weighted by molar-refractivity contribution is 6.30. The van der Waals surface area contributed by atoms with Crippen LogP contribution in [-0.4, -0.2) is 53.8 Å². The Labute approximate surface area is 177 Å². The van der Waals surface area contributed by atoms with E-state index < -0.39 is 6.04 Å². The minimum atomic E-state index is -0.543. The van der Waals surface area contributed by atoms with Gasteiger partial charge in [0.15, 0.2) is 0 Å². The van der Waals surface area contributed by atoms with Crippen LogP contribution in [0.25, 0.3) is 0 Å². The largest absolute Gasteiger partial charge is 0.340 e. The van der Waals surface area contributed by atoms with Crippen molar-refractivity contribution in [1.29, 1.82) is 0 Å². The second-order valence-corrected chi connectivity index (χ2v) is 8.23. The number of amides is 2. The maximum Gasteiger partial charge on any atom is 0.251 e. The molecule has 29 heavy (non-hydrogen) atoms. The van der Waals surface area contributed by atoms with Crippen molar-refractivity contribution in [1.82, 2.24) is 15.1 Å². The fourth-order valence-corrected chi connectivity index (χ4v) is 3.63. The van der Waals surface area contributed by atoms with Crippen molar-refractivity contribution in [2.24, 2.45) is 5.92 Å². The summed E-state index contributed by atoms with van der Waals surface area (Å²) >= 11 is 5.89. The van der Waals surface area contributed by atoms with Crippen LogP contribution in [0, 0.1) is 5.92 Å². The average molecular weight is 414 g/mol. The van der Waals surface area contributed by atoms with E-state index in [0.717, 1.165) is 19.6 Å². The second-order valence-electron chi connectivity index (χ2n) is 7.79. The van der Waals surface area contributed by atoms with Gasteiger partial charge >= 0.3 is 0 Å². The molecule has 2 aromatic rings. The summed E-state index contributed by atoms with van der Waals surface area (Å²) in [5.41, 5.74) is 1.78. The maximum absolute atomic E-state index is 13.1. The molecule has 1 heterocycles. The lowest BCUT2D eigenvalue weighted by atomic mass is 10.0. The van der Waals surface area contributed by atoms with Gasteiger partial charge in [0.2, 0.25) is 5.91 Å². The number of rotatable bonds is 6. The number of hydrogen-bond acceptors (Lipinski definition) is 3. The van der Waals surface area contributed by atoms with Gasteiger partial charge in [-0.15, -0.1) is 0 Å². The van der Waals surface area contributed by atoms with Crippen LogP contribution in [0.2, 0.25) is 5.02 Å². The van der Waals surface area contributed by atoms with Crippen LogP contribution in [0.1, 0.15) is 29.8 Å². The summed E-state index contributed by atoms with van der Waals surface area (Å²) in [6, 6.07) is 16.5. The Kier molecular flexibility index (Phi) is 7.29. The van der Waals surface area contributed by atoms with E-state index in [0.29, 0.717) is 23.7 Å². The molecule has 0 aromatic heterocycles. The van der Waals surface area contributed by atoms with Gasteiger partial charge < -0.3 is 10.2 Å². The molecule has 1 saturated heterocycles. The molecule has 2 aromatic carbocycles. The van der Waals surface area contributed by atoms with E-state index in [1.807, 2.05) is 36.9 Å². The molecule has 5 nitrogen and oxygen atoms in total. The predicted molar refractivity (Wildman–Crippen MR) is 116 cm³/mol. The van der Waals surface area contributed by atoms with E-state index in [4.69, 9.17) is 11.6 Å². The highest BCUT2D eigenvalue weighted by Gasteiger charge is 2.30. The number of carbonyl (C=O) groups is 2. The van der Waals surface area contributed by atoms with Crippen LogP contribution in [0.4, 0.5) is 0 Å². The number of nitrogens with one attached hydrogen (secondary N) is 1. The van der Waals surface area contributed by atoms with Crippen LogP contribution >= 0.6 is 11.6 Å². The molecular formula is C23H28ClN3O2. The molecule has 0 aliphatic carbocycles. The van der Waals surface area contributed by atoms with Crippen LogP contribution in [-0.2, 0) is 11.3 Å². The van der Waals surface area contributed by atoms with E-state index in [-0.39, 0.29) is 17.7 Å². The van der Waals surface area contributed by atoms with E-state index >= 15 is 0 Å². The molecule has 1 N–H and O–H groups in total. The summed E-state index contributed by atoms with van der Waals surface area (Å²) in [7, 11) is 0. The summed E-state index contributed by atoms with van der Waals surface area (Å²) in [6.07, 6.45) is 0. The van der Waals surface area contributed by atoms with Crippen LogP contribution in [0.15, 0.2) is 54.6 Å². The van der Waals surface area contributed by atoms with Crippen molar-refractivity contribution >= 4 is 23.4 Å². The Morgan fingerprint density at radius 3 is 2.17 bits per heavy atom. The molecule has 0 bridgehead atoms. The van der Waals surface area contributed by atoms with Crippen molar-refractivity contribution in [3.05, 3.63) is 70.7 Å². The molecule has 6 heteroatoms. The number of carbonyl (C=O) groups excluding carboxylic acids is 2. The Morgan fingerprint density at radius 2 is 1.59 bits per heavy atom. The molecule has 0 unspecified atom stereocenters. The van der Waals surface area contributed by atoms with Gasteiger partial charge in [-0.3, -0.25) is 14.5 Å². The molecule has 1 atom stereocenters. The molecule has 3 rings (SSSR count). The van der Waals surface area contributed by atoms with Crippen molar-refractivity contribution < 1.29 is 9.59 Å². The highest BCUT2D eigenvalue weighted by Crippen LogP contribution is 2.14. The molecule has 1 aliphatic rings. The topological polar surface area (TPSA) is 52.7 Å². The summed E-state index contributed by atoms with van der Waals surface area (Å²) in [5, 5.41) is 3.49. The van der Waals surface area contributed by atoms with Crippen LogP contribution in [0.5, 0.6) is 0 Å². The van der Waals surface area contributed by atoms with Gasteiger partial charge in [-0.05, 0) is 35.7 Å². The zero-order chi connectivity index (χ0) is 20.8. The fourth-order valence-electron chi connectivity index (χ4n) is 3.50. The SMILES string of the molecule is CC(C)[C@H](NC(=O)c1ccc(Cl)cc1)C(=O)N1CCN(Cc2ccccc2)CC1. The van der Waals surface area contributed by atoms with Gasteiger partial charge in [0.25, 0.3) is 5.91 Å². The van der Waals surface area contributed by atoms with Crippen molar-refractivity contribution in [3.63, 3.8) is 0 Å². The van der Waals surface area contributed by atoms with Gasteiger partial charge in [-0.1, -0.05) is 55.8 Å². The fraction of sp³-hybridized carbons (Fsp3) is 0.391. The number of benzene rings is 2. The van der Waals surface area contributed by atoms with E-state index in [1.54, 1.807) is 24.3 Å². The summed E-state index contributed by atoms with van der Waals surface area (Å²) in [4.78, 5) is 29.9. The quantitative estimate of drug-likeness (QED) is 0.789. The molecule has 1 fully saturated rings. The molecular weight excluding hydrogens is 386 g/mol. The minimum Gasteiger partial charge on any atom is -0.340 e. The first kappa shape index (κ1) is 21.3. The number of nitrogens with zero attached hydrogens (tertiary/aromatic N) is 2. The molecule has 154 valence electrons. The van der Waals surface area contributed by atoms with Crippen molar-refractivity contribution in [2.45, 2.75) is 26.4 Å². The predicted octanol–water partition coefficient (Wildman–Crippen LogP) is 3.44. The van der Waals surface area contributed by atoms with E-state index in [9.17, 15) is 9.59 Å². The number of hydrogen-bond donors (Lipinski definition) is 1. The normalized spacial score (nSPS) is 15.9. The Hall–Kier alpha value is -2.37. The molecule has 0 saturated carbocycles. The first-order valence-electron chi connectivity index (χ1n) is 10.1.